The van der Waals surface area contributed by atoms with Crippen LogP contribution < -0.4 is 0 Å². The maximum Gasteiger partial charge on any atom is 0.109 e. The van der Waals surface area contributed by atoms with Crippen LogP contribution in [0.25, 0.3) is 0 Å². The van der Waals surface area contributed by atoms with Crippen LogP contribution in [0.2, 0.25) is 0 Å². The summed E-state index contributed by atoms with van der Waals surface area (Å²) >= 11 is 0. The summed E-state index contributed by atoms with van der Waals surface area (Å²) in [6.45, 7) is 6.99. The Balaban J connectivity index is 3.88. The van der Waals surface area contributed by atoms with Gasteiger partial charge in [-0.05, 0) is 12.8 Å². The molecule has 0 fully saturated rings. The van der Waals surface area contributed by atoms with E-state index in [1.54, 1.807) is 6.92 Å². The van der Waals surface area contributed by atoms with Crippen molar-refractivity contribution in [2.24, 2.45) is 10.2 Å². The highest BCUT2D eigenvalue weighted by Gasteiger charge is 1.75. The highest BCUT2D eigenvalue weighted by Crippen LogP contribution is 1.75. The van der Waals surface area contributed by atoms with E-state index in [0.717, 1.165) is 6.42 Å². The van der Waals surface area contributed by atoms with Gasteiger partial charge in [-0.1, -0.05) is 12.8 Å². The average molecular weight is 122 g/mol. The van der Waals surface area contributed by atoms with E-state index in [0.29, 0.717) is 5.71 Å². The monoisotopic (exact) mass is 122 g/mol. The number of hydrogen-bond donors (Lipinski definition) is 0. The van der Waals surface area contributed by atoms with E-state index in [1.807, 2.05) is 6.92 Å². The van der Waals surface area contributed by atoms with Crippen LogP contribution in [0.4, 0.5) is 0 Å². The number of rotatable bonds is 1. The second-order valence-corrected chi connectivity index (χ2v) is 1.48. The lowest BCUT2D eigenvalue weighted by Gasteiger charge is -1.78. The predicted octanol–water partition coefficient (Wildman–Crippen LogP) is 1.48. The van der Waals surface area contributed by atoms with Crippen LogP contribution in [0.5, 0.6) is 0 Å². The minimum Gasteiger partial charge on any atom is -0.166 e. The molecule has 0 aromatic carbocycles. The van der Waals surface area contributed by atoms with Crippen LogP contribution in [0.15, 0.2) is 10.2 Å². The van der Waals surface area contributed by atoms with Gasteiger partial charge in [-0.25, -0.2) is 0 Å². The maximum atomic E-state index is 3.62. The number of nitrogens with zero attached hydrogens (tertiary/aromatic N) is 2. The van der Waals surface area contributed by atoms with E-state index >= 15 is 0 Å². The molecule has 9 heavy (non-hydrogen) atoms. The molecule has 0 aromatic rings. The van der Waals surface area contributed by atoms with Crippen molar-refractivity contribution in [3.05, 3.63) is 0 Å². The van der Waals surface area contributed by atoms with Crippen molar-refractivity contribution in [3.8, 4) is 11.8 Å². The van der Waals surface area contributed by atoms with Crippen molar-refractivity contribution in [2.75, 3.05) is 0 Å². The van der Waals surface area contributed by atoms with Gasteiger partial charge >= 0.3 is 0 Å². The van der Waals surface area contributed by atoms with E-state index in [2.05, 4.69) is 28.8 Å². The van der Waals surface area contributed by atoms with E-state index in [4.69, 9.17) is 0 Å². The van der Waals surface area contributed by atoms with Crippen LogP contribution in [0, 0.1) is 11.8 Å². The van der Waals surface area contributed by atoms with Gasteiger partial charge in [0.2, 0.25) is 0 Å². The van der Waals surface area contributed by atoms with Gasteiger partial charge in [0.05, 0.1) is 0 Å². The standard InChI is InChI=1S/C7H10N2/c1-4-5-6-7(2)9-8-3/h3-4H2,1-2H3/b9-7+. The highest BCUT2D eigenvalue weighted by molar-refractivity contribution is 5.98. The summed E-state index contributed by atoms with van der Waals surface area (Å²) in [4.78, 5) is 0. The third-order valence-electron chi connectivity index (χ3n) is 0.667. The summed E-state index contributed by atoms with van der Waals surface area (Å²) in [7, 11) is 0. The largest absolute Gasteiger partial charge is 0.166 e. The summed E-state index contributed by atoms with van der Waals surface area (Å²) in [6.07, 6.45) is 0.851. The molecule has 0 rings (SSSR count). The summed E-state index contributed by atoms with van der Waals surface area (Å²) in [5.41, 5.74) is 0.715. The fourth-order valence-corrected chi connectivity index (χ4v) is 0.347. The Morgan fingerprint density at radius 2 is 2.33 bits per heavy atom. The minimum absolute atomic E-state index is 0.715. The van der Waals surface area contributed by atoms with Gasteiger partial charge in [0.25, 0.3) is 0 Å². The lowest BCUT2D eigenvalue weighted by Crippen LogP contribution is -1.81. The molecule has 0 amide bonds. The van der Waals surface area contributed by atoms with Crippen molar-refractivity contribution in [1.82, 2.24) is 0 Å². The molecule has 0 heterocycles. The second-order valence-electron chi connectivity index (χ2n) is 1.48. The molecule has 0 spiro atoms. The molecule has 0 radical (unpaired) electrons. The quantitative estimate of drug-likeness (QED) is 0.286. The van der Waals surface area contributed by atoms with Gasteiger partial charge in [-0.3, -0.25) is 0 Å². The molecular formula is C7H10N2. The van der Waals surface area contributed by atoms with Gasteiger partial charge in [0.1, 0.15) is 5.71 Å². The smallest absolute Gasteiger partial charge is 0.109 e. The van der Waals surface area contributed by atoms with Gasteiger partial charge in [0, 0.05) is 13.1 Å². The molecule has 0 aliphatic rings. The molecule has 0 aliphatic carbocycles. The zero-order valence-corrected chi connectivity index (χ0v) is 5.81. The van der Waals surface area contributed by atoms with E-state index < -0.39 is 0 Å². The molecule has 0 aliphatic heterocycles. The van der Waals surface area contributed by atoms with Gasteiger partial charge < -0.3 is 0 Å². The lowest BCUT2D eigenvalue weighted by molar-refractivity contribution is 1.26. The molecule has 0 bridgehead atoms. The van der Waals surface area contributed by atoms with Crippen LogP contribution in [-0.2, 0) is 0 Å². The first kappa shape index (κ1) is 7.90. The molecule has 2 nitrogen and oxygen atoms in total. The van der Waals surface area contributed by atoms with E-state index in [-0.39, 0.29) is 0 Å². The van der Waals surface area contributed by atoms with Crippen molar-refractivity contribution in [3.63, 3.8) is 0 Å². The van der Waals surface area contributed by atoms with E-state index in [1.165, 1.54) is 0 Å². The molecule has 48 valence electrons. The van der Waals surface area contributed by atoms with Gasteiger partial charge in [-0.2, -0.15) is 5.10 Å². The highest BCUT2D eigenvalue weighted by atomic mass is 15.2. The van der Waals surface area contributed by atoms with Gasteiger partial charge in [-0.15, -0.1) is 5.10 Å². The second kappa shape index (κ2) is 5.04. The van der Waals surface area contributed by atoms with Gasteiger partial charge in [0.15, 0.2) is 0 Å². The molecule has 0 N–H and O–H groups in total. The van der Waals surface area contributed by atoms with Crippen LogP contribution in [-0.4, -0.2) is 12.4 Å². The third kappa shape index (κ3) is 4.76. The normalized spacial score (nSPS) is 9.78. The Hall–Kier alpha value is -1.10. The molecule has 0 atom stereocenters. The summed E-state index contributed by atoms with van der Waals surface area (Å²) in [6, 6.07) is 0. The molecule has 0 saturated carbocycles. The SMILES string of the molecule is C=N/N=C(\C)C#CCC. The predicted molar refractivity (Wildman–Crippen MR) is 40.7 cm³/mol. The third-order valence-corrected chi connectivity index (χ3v) is 0.667. The minimum atomic E-state index is 0.715. The fourth-order valence-electron chi connectivity index (χ4n) is 0.347. The number of hydrogen-bond acceptors (Lipinski definition) is 2. The fraction of sp³-hybridized carbons (Fsp3) is 0.429. The summed E-state index contributed by atoms with van der Waals surface area (Å²) in [5, 5.41) is 6.94. The molecule has 0 unspecified atom stereocenters. The first-order valence-corrected chi connectivity index (χ1v) is 2.80. The lowest BCUT2D eigenvalue weighted by atomic mass is 10.4. The van der Waals surface area contributed by atoms with Crippen LogP contribution >= 0.6 is 0 Å². The first-order valence-electron chi connectivity index (χ1n) is 2.80. The Morgan fingerprint density at radius 1 is 1.67 bits per heavy atom. The Labute approximate surface area is 55.7 Å². The Morgan fingerprint density at radius 3 is 2.78 bits per heavy atom. The summed E-state index contributed by atoms with van der Waals surface area (Å²) < 4.78 is 0. The van der Waals surface area contributed by atoms with Crippen molar-refractivity contribution in [1.29, 1.82) is 0 Å². The Kier molecular flexibility index (Phi) is 4.43. The zero-order valence-electron chi connectivity index (χ0n) is 5.81. The topological polar surface area (TPSA) is 24.7 Å². The molecule has 2 heteroatoms. The average Bonchev–Trinajstić information content (AvgIpc) is 1.85. The molecular weight excluding hydrogens is 112 g/mol. The van der Waals surface area contributed by atoms with Crippen LogP contribution in [0.3, 0.4) is 0 Å². The first-order chi connectivity index (χ1) is 4.31. The zero-order chi connectivity index (χ0) is 7.11. The summed E-state index contributed by atoms with van der Waals surface area (Å²) in [5.74, 6) is 5.66. The van der Waals surface area contributed by atoms with Crippen molar-refractivity contribution < 1.29 is 0 Å². The van der Waals surface area contributed by atoms with E-state index in [9.17, 15) is 0 Å². The molecule has 0 saturated heterocycles. The molecule has 0 aromatic heterocycles. The maximum absolute atomic E-state index is 3.62. The Bertz CT molecular complexity index is 169. The van der Waals surface area contributed by atoms with Crippen molar-refractivity contribution >= 4 is 12.4 Å². The van der Waals surface area contributed by atoms with Crippen LogP contribution in [0.1, 0.15) is 20.3 Å². The van der Waals surface area contributed by atoms with Crippen molar-refractivity contribution in [2.45, 2.75) is 20.3 Å².